The number of aryl methyl sites for hydroxylation is 2. The summed E-state index contributed by atoms with van der Waals surface area (Å²) in [5.74, 6) is 0.574. The first kappa shape index (κ1) is 18.2. The van der Waals surface area contributed by atoms with E-state index in [1.54, 1.807) is 0 Å². The number of hydrogen-bond donors (Lipinski definition) is 3. The minimum atomic E-state index is -0.675. The Morgan fingerprint density at radius 1 is 1.12 bits per heavy atom. The average molecular weight is 345 g/mol. The third-order valence-electron chi connectivity index (χ3n) is 5.35. The highest BCUT2D eigenvalue weighted by atomic mass is 16.3. The summed E-state index contributed by atoms with van der Waals surface area (Å²) in [6.07, 6.45) is 4.40. The largest absolute Gasteiger partial charge is 0.387 e. The van der Waals surface area contributed by atoms with Gasteiger partial charge in [-0.3, -0.25) is 0 Å². The van der Waals surface area contributed by atoms with E-state index in [9.17, 15) is 9.90 Å². The molecule has 1 aromatic rings. The molecule has 138 valence electrons. The van der Waals surface area contributed by atoms with Crippen LogP contribution in [-0.4, -0.2) is 48.3 Å². The lowest BCUT2D eigenvalue weighted by molar-refractivity contribution is 0.167. The zero-order valence-electron chi connectivity index (χ0n) is 15.4. The van der Waals surface area contributed by atoms with Gasteiger partial charge < -0.3 is 20.6 Å². The van der Waals surface area contributed by atoms with Crippen LogP contribution in [0.5, 0.6) is 0 Å². The molecule has 0 radical (unpaired) electrons. The predicted molar refractivity (Wildman–Crippen MR) is 99.6 cm³/mol. The molecule has 1 aromatic carbocycles. The van der Waals surface area contributed by atoms with Crippen molar-refractivity contribution in [2.24, 2.45) is 5.92 Å². The Labute approximate surface area is 150 Å². The molecule has 1 atom stereocenters. The number of aliphatic hydroxyl groups is 1. The van der Waals surface area contributed by atoms with Crippen molar-refractivity contribution >= 4 is 6.03 Å². The molecule has 1 heterocycles. The first-order valence-corrected chi connectivity index (χ1v) is 9.53. The average Bonchev–Trinajstić information content (AvgIpc) is 3.42. The van der Waals surface area contributed by atoms with Crippen LogP contribution in [0.25, 0.3) is 0 Å². The molecule has 2 fully saturated rings. The number of urea groups is 1. The minimum Gasteiger partial charge on any atom is -0.387 e. The van der Waals surface area contributed by atoms with E-state index >= 15 is 0 Å². The summed E-state index contributed by atoms with van der Waals surface area (Å²) in [5.41, 5.74) is 3.09. The first-order valence-electron chi connectivity index (χ1n) is 9.53. The van der Waals surface area contributed by atoms with E-state index in [2.05, 4.69) is 21.6 Å². The third-order valence-corrected chi connectivity index (χ3v) is 5.35. The Kier molecular flexibility index (Phi) is 5.97. The van der Waals surface area contributed by atoms with Crippen molar-refractivity contribution in [1.29, 1.82) is 0 Å². The number of carbonyl (C=O) groups is 1. The minimum absolute atomic E-state index is 0.187. The quantitative estimate of drug-likeness (QED) is 0.742. The molecule has 3 N–H and O–H groups in total. The van der Waals surface area contributed by atoms with Crippen LogP contribution in [0.2, 0.25) is 0 Å². The molecule has 0 unspecified atom stereocenters. The first-order chi connectivity index (χ1) is 12.0. The molecule has 0 aromatic heterocycles. The molecule has 1 saturated carbocycles. The summed E-state index contributed by atoms with van der Waals surface area (Å²) < 4.78 is 0. The molecule has 2 amide bonds. The lowest BCUT2D eigenvalue weighted by atomic mass is 9.97. The summed E-state index contributed by atoms with van der Waals surface area (Å²) >= 11 is 0. The standard InChI is InChI=1S/C20H31N3O2/c1-14-9-15(2)11-17(10-14)19(24)13-22-20(25)21-12-16-5-7-23(8-6-16)18-3-4-18/h9-11,16,18-19,24H,3-8,12-13H2,1-2H3,(H2,21,22,25)/t19-/m0/s1. The van der Waals surface area contributed by atoms with E-state index in [1.807, 2.05) is 26.0 Å². The van der Waals surface area contributed by atoms with Gasteiger partial charge in [0.2, 0.25) is 0 Å². The molecule has 5 nitrogen and oxygen atoms in total. The maximum absolute atomic E-state index is 12.0. The highest BCUT2D eigenvalue weighted by molar-refractivity contribution is 5.73. The van der Waals surface area contributed by atoms with Gasteiger partial charge in [0.05, 0.1) is 6.10 Å². The van der Waals surface area contributed by atoms with Crippen LogP contribution >= 0.6 is 0 Å². The molecule has 1 saturated heterocycles. The van der Waals surface area contributed by atoms with Crippen LogP contribution < -0.4 is 10.6 Å². The molecule has 2 aliphatic rings. The van der Waals surface area contributed by atoms with Crippen molar-refractivity contribution in [3.8, 4) is 0 Å². The van der Waals surface area contributed by atoms with Gasteiger partial charge in [0.1, 0.15) is 0 Å². The SMILES string of the molecule is Cc1cc(C)cc([C@@H](O)CNC(=O)NCC2CCN(C3CC3)CC2)c1. The van der Waals surface area contributed by atoms with Gasteiger partial charge in [-0.2, -0.15) is 0 Å². The van der Waals surface area contributed by atoms with E-state index in [-0.39, 0.29) is 12.6 Å². The molecule has 5 heteroatoms. The lowest BCUT2D eigenvalue weighted by Gasteiger charge is -2.32. The van der Waals surface area contributed by atoms with E-state index in [0.29, 0.717) is 5.92 Å². The Morgan fingerprint density at radius 3 is 2.36 bits per heavy atom. The summed E-state index contributed by atoms with van der Waals surface area (Å²) in [6.45, 7) is 7.32. The Bertz CT molecular complexity index is 572. The van der Waals surface area contributed by atoms with Crippen molar-refractivity contribution in [3.63, 3.8) is 0 Å². The highest BCUT2D eigenvalue weighted by Crippen LogP contribution is 2.30. The van der Waals surface area contributed by atoms with E-state index < -0.39 is 6.10 Å². The number of benzene rings is 1. The normalized spacial score (nSPS) is 20.3. The number of rotatable bonds is 6. The molecular weight excluding hydrogens is 314 g/mol. The predicted octanol–water partition coefficient (Wildman–Crippen LogP) is 2.51. The smallest absolute Gasteiger partial charge is 0.314 e. The number of piperidine rings is 1. The zero-order valence-corrected chi connectivity index (χ0v) is 15.4. The Hall–Kier alpha value is -1.59. The number of nitrogens with one attached hydrogen (secondary N) is 2. The maximum Gasteiger partial charge on any atom is 0.314 e. The molecule has 0 bridgehead atoms. The number of carbonyl (C=O) groups excluding carboxylic acids is 1. The van der Waals surface area contributed by atoms with Crippen molar-refractivity contribution in [3.05, 3.63) is 34.9 Å². The lowest BCUT2D eigenvalue weighted by Crippen LogP contribution is -2.43. The maximum atomic E-state index is 12.0. The third kappa shape index (κ3) is 5.44. The second-order valence-corrected chi connectivity index (χ2v) is 7.74. The van der Waals surface area contributed by atoms with Crippen molar-refractivity contribution in [1.82, 2.24) is 15.5 Å². The van der Waals surface area contributed by atoms with Gasteiger partial charge in [-0.15, -0.1) is 0 Å². The fourth-order valence-electron chi connectivity index (χ4n) is 3.77. The van der Waals surface area contributed by atoms with Crippen molar-refractivity contribution < 1.29 is 9.90 Å². The molecule has 25 heavy (non-hydrogen) atoms. The molecule has 1 aliphatic heterocycles. The zero-order chi connectivity index (χ0) is 17.8. The molecule has 3 rings (SSSR count). The van der Waals surface area contributed by atoms with Gasteiger partial charge in [0.15, 0.2) is 0 Å². The highest BCUT2D eigenvalue weighted by Gasteiger charge is 2.31. The van der Waals surface area contributed by atoms with Crippen molar-refractivity contribution in [2.45, 2.75) is 51.7 Å². The summed E-state index contributed by atoms with van der Waals surface area (Å²) in [5, 5.41) is 16.0. The number of aliphatic hydroxyl groups excluding tert-OH is 1. The second-order valence-electron chi connectivity index (χ2n) is 7.74. The van der Waals surface area contributed by atoms with Crippen molar-refractivity contribution in [2.75, 3.05) is 26.2 Å². The molecular formula is C20H31N3O2. The number of amides is 2. The number of nitrogens with zero attached hydrogens (tertiary/aromatic N) is 1. The van der Waals surface area contributed by atoms with Gasteiger partial charge in [-0.25, -0.2) is 4.79 Å². The number of hydrogen-bond acceptors (Lipinski definition) is 3. The van der Waals surface area contributed by atoms with Crippen LogP contribution in [0.3, 0.4) is 0 Å². The van der Waals surface area contributed by atoms with Crippen LogP contribution in [0.4, 0.5) is 4.79 Å². The van der Waals surface area contributed by atoms with Gasteiger partial charge in [-0.05, 0) is 64.1 Å². The topological polar surface area (TPSA) is 64.6 Å². The van der Waals surface area contributed by atoms with Gasteiger partial charge in [-0.1, -0.05) is 29.3 Å². The fourth-order valence-corrected chi connectivity index (χ4v) is 3.77. The summed E-state index contributed by atoms with van der Waals surface area (Å²) in [7, 11) is 0. The van der Waals surface area contributed by atoms with Crippen LogP contribution in [-0.2, 0) is 0 Å². The second kappa shape index (κ2) is 8.19. The number of likely N-dealkylation sites (tertiary alicyclic amines) is 1. The van der Waals surface area contributed by atoms with Crippen LogP contribution in [0, 0.1) is 19.8 Å². The van der Waals surface area contributed by atoms with Crippen LogP contribution in [0.15, 0.2) is 18.2 Å². The van der Waals surface area contributed by atoms with Gasteiger partial charge in [0.25, 0.3) is 0 Å². The van der Waals surface area contributed by atoms with E-state index in [1.165, 1.54) is 38.8 Å². The van der Waals surface area contributed by atoms with Gasteiger partial charge >= 0.3 is 6.03 Å². The summed E-state index contributed by atoms with van der Waals surface area (Å²) in [4.78, 5) is 14.6. The van der Waals surface area contributed by atoms with Gasteiger partial charge in [0, 0.05) is 19.1 Å². The van der Waals surface area contributed by atoms with E-state index in [4.69, 9.17) is 0 Å². The molecule has 1 aliphatic carbocycles. The van der Waals surface area contributed by atoms with Crippen LogP contribution in [0.1, 0.15) is 48.5 Å². The monoisotopic (exact) mass is 345 g/mol. The fraction of sp³-hybridized carbons (Fsp3) is 0.650. The Morgan fingerprint density at radius 2 is 1.76 bits per heavy atom. The molecule has 0 spiro atoms. The van der Waals surface area contributed by atoms with E-state index in [0.717, 1.165) is 29.3 Å². The Balaban J connectivity index is 1.35. The summed E-state index contributed by atoms with van der Waals surface area (Å²) in [6, 6.07) is 6.66.